The van der Waals surface area contributed by atoms with E-state index in [-0.39, 0.29) is 46.6 Å². The summed E-state index contributed by atoms with van der Waals surface area (Å²) in [7, 11) is 3.98. The molecule has 0 aliphatic rings. The standard InChI is InChI=1S/C13H16NO4.CH4.Y/c1-14-13(11(15)17-2,12(16)18-3)9-10-7-5-4-6-8-10;;/h5-8,14H,9H2,1-3H3;1H4;/q-1;;. The smallest absolute Gasteiger partial charge is 0.338 e. The van der Waals surface area contributed by atoms with E-state index in [4.69, 9.17) is 9.47 Å². The van der Waals surface area contributed by atoms with Crippen LogP contribution in [-0.2, 0) is 58.2 Å². The number of methoxy groups -OCH3 is 2. The summed E-state index contributed by atoms with van der Waals surface area (Å²) in [6, 6.07) is 9.85. The molecule has 0 aromatic heterocycles. The van der Waals surface area contributed by atoms with Gasteiger partial charge in [-0.1, -0.05) is 7.43 Å². The molecule has 1 rings (SSSR count). The third kappa shape index (κ3) is 4.65. The van der Waals surface area contributed by atoms with Crippen molar-refractivity contribution in [1.29, 1.82) is 0 Å². The van der Waals surface area contributed by atoms with E-state index < -0.39 is 17.5 Å². The van der Waals surface area contributed by atoms with Gasteiger partial charge in [0.15, 0.2) is 0 Å². The molecule has 0 spiro atoms. The molecule has 1 aromatic carbocycles. The van der Waals surface area contributed by atoms with Crippen molar-refractivity contribution < 1.29 is 51.8 Å². The molecule has 0 saturated heterocycles. The molecule has 109 valence electrons. The van der Waals surface area contributed by atoms with Gasteiger partial charge in [-0.15, -0.1) is 0 Å². The summed E-state index contributed by atoms with van der Waals surface area (Å²) < 4.78 is 9.38. The molecule has 0 atom stereocenters. The van der Waals surface area contributed by atoms with E-state index in [2.05, 4.69) is 11.4 Å². The minimum Gasteiger partial charge on any atom is -0.467 e. The van der Waals surface area contributed by atoms with Crippen molar-refractivity contribution >= 4 is 11.9 Å². The zero-order valence-electron chi connectivity index (χ0n) is 11.2. The maximum absolute atomic E-state index is 11.9. The second-order valence-electron chi connectivity index (χ2n) is 3.72. The second-order valence-corrected chi connectivity index (χ2v) is 3.72. The number of rotatable bonds is 5. The number of ether oxygens (including phenoxy) is 2. The Morgan fingerprint density at radius 3 is 2.00 bits per heavy atom. The van der Waals surface area contributed by atoms with Gasteiger partial charge in [0, 0.05) is 32.7 Å². The fourth-order valence-corrected chi connectivity index (χ4v) is 1.71. The molecular formula is C14H20NO4Y-. The molecule has 5 nitrogen and oxygen atoms in total. The predicted octanol–water partition coefficient (Wildman–Crippen LogP) is 0.967. The van der Waals surface area contributed by atoms with Gasteiger partial charge in [-0.05, 0) is 13.5 Å². The Hall–Kier alpha value is -0.776. The van der Waals surface area contributed by atoms with E-state index in [0.29, 0.717) is 0 Å². The molecule has 1 N–H and O–H groups in total. The Balaban J connectivity index is 0. The number of likely N-dealkylation sites (N-methyl/N-ethyl adjacent to an activating group) is 1. The third-order valence-electron chi connectivity index (χ3n) is 2.75. The SMILES string of the molecule is C.CNC(Cc1cc[c-]cc1)(C(=O)OC)C(=O)OC.[Y]. The van der Waals surface area contributed by atoms with Crippen LogP contribution in [0.15, 0.2) is 24.3 Å². The fraction of sp³-hybridized carbons (Fsp3) is 0.429. The van der Waals surface area contributed by atoms with Gasteiger partial charge in [0.2, 0.25) is 5.54 Å². The van der Waals surface area contributed by atoms with Gasteiger partial charge in [0.25, 0.3) is 0 Å². The van der Waals surface area contributed by atoms with E-state index in [1.165, 1.54) is 21.3 Å². The summed E-state index contributed by atoms with van der Waals surface area (Å²) in [6.45, 7) is 0. The Morgan fingerprint density at radius 1 is 1.20 bits per heavy atom. The van der Waals surface area contributed by atoms with Gasteiger partial charge in [-0.25, -0.2) is 9.59 Å². The fourth-order valence-electron chi connectivity index (χ4n) is 1.71. The Bertz CT molecular complexity index is 406. The normalized spacial score (nSPS) is 9.75. The molecule has 0 aliphatic carbocycles. The van der Waals surface area contributed by atoms with E-state index in [1.807, 2.05) is 0 Å². The van der Waals surface area contributed by atoms with Crippen molar-refractivity contribution in [3.05, 3.63) is 35.9 Å². The first kappa shape index (κ1) is 21.5. The molecule has 0 bridgehead atoms. The van der Waals surface area contributed by atoms with Gasteiger partial charge in [0.1, 0.15) is 0 Å². The van der Waals surface area contributed by atoms with Gasteiger partial charge >= 0.3 is 11.9 Å². The average Bonchev–Trinajstić information content (AvgIpc) is 2.44. The summed E-state index contributed by atoms with van der Waals surface area (Å²) in [5.74, 6) is -1.35. The zero-order valence-corrected chi connectivity index (χ0v) is 14.1. The van der Waals surface area contributed by atoms with Crippen LogP contribution in [0, 0.1) is 6.07 Å². The van der Waals surface area contributed by atoms with Crippen LogP contribution in [0.2, 0.25) is 0 Å². The van der Waals surface area contributed by atoms with Crippen LogP contribution in [0.3, 0.4) is 0 Å². The van der Waals surface area contributed by atoms with E-state index in [0.717, 1.165) is 5.56 Å². The molecule has 1 radical (unpaired) electrons. The predicted molar refractivity (Wildman–Crippen MR) is 71.5 cm³/mol. The van der Waals surface area contributed by atoms with Crippen molar-refractivity contribution in [2.24, 2.45) is 0 Å². The van der Waals surface area contributed by atoms with Crippen LogP contribution in [0.4, 0.5) is 0 Å². The molecule has 0 saturated carbocycles. The van der Waals surface area contributed by atoms with E-state index in [1.54, 1.807) is 24.3 Å². The molecule has 0 aliphatic heterocycles. The first-order valence-electron chi connectivity index (χ1n) is 5.41. The van der Waals surface area contributed by atoms with Crippen LogP contribution in [0.25, 0.3) is 0 Å². The van der Waals surface area contributed by atoms with Gasteiger partial charge in [-0.2, -0.15) is 35.9 Å². The quantitative estimate of drug-likeness (QED) is 0.484. The van der Waals surface area contributed by atoms with Gasteiger partial charge in [-0.3, -0.25) is 5.32 Å². The summed E-state index contributed by atoms with van der Waals surface area (Å²) >= 11 is 0. The molecular weight excluding hydrogens is 335 g/mol. The molecule has 20 heavy (non-hydrogen) atoms. The molecule has 1 aromatic rings. The van der Waals surface area contributed by atoms with Crippen molar-refractivity contribution in [1.82, 2.24) is 5.32 Å². The maximum atomic E-state index is 11.9. The van der Waals surface area contributed by atoms with Crippen LogP contribution < -0.4 is 5.32 Å². The van der Waals surface area contributed by atoms with Gasteiger partial charge < -0.3 is 9.47 Å². The minimum absolute atomic E-state index is 0. The van der Waals surface area contributed by atoms with Crippen LogP contribution in [0.5, 0.6) is 0 Å². The molecule has 0 fully saturated rings. The van der Waals surface area contributed by atoms with Crippen LogP contribution in [0.1, 0.15) is 13.0 Å². The number of nitrogens with one attached hydrogen (secondary N) is 1. The van der Waals surface area contributed by atoms with Crippen LogP contribution >= 0.6 is 0 Å². The molecule has 0 unspecified atom stereocenters. The van der Waals surface area contributed by atoms with Gasteiger partial charge in [0.05, 0.1) is 14.2 Å². The molecule has 0 amide bonds. The number of benzene rings is 1. The number of hydrogen-bond donors (Lipinski definition) is 1. The number of carbonyl (C=O) groups excluding carboxylic acids is 2. The third-order valence-corrected chi connectivity index (χ3v) is 2.75. The monoisotopic (exact) mass is 355 g/mol. The summed E-state index contributed by atoms with van der Waals surface area (Å²) in [5.41, 5.74) is -0.718. The molecule has 6 heteroatoms. The van der Waals surface area contributed by atoms with Crippen LogP contribution in [-0.4, -0.2) is 38.7 Å². The number of esters is 2. The second kappa shape index (κ2) is 10.0. The Morgan fingerprint density at radius 2 is 1.65 bits per heavy atom. The number of hydrogen-bond acceptors (Lipinski definition) is 5. The summed E-state index contributed by atoms with van der Waals surface area (Å²) in [4.78, 5) is 23.8. The number of carbonyl (C=O) groups is 2. The summed E-state index contributed by atoms with van der Waals surface area (Å²) in [6.07, 6.45) is 0.150. The zero-order chi connectivity index (χ0) is 13.6. The molecule has 0 heterocycles. The summed E-state index contributed by atoms with van der Waals surface area (Å²) in [5, 5.41) is 2.71. The van der Waals surface area contributed by atoms with Crippen molar-refractivity contribution in [3.63, 3.8) is 0 Å². The van der Waals surface area contributed by atoms with Crippen molar-refractivity contribution in [3.8, 4) is 0 Å². The topological polar surface area (TPSA) is 64.6 Å². The maximum Gasteiger partial charge on any atom is 0.338 e. The first-order valence-corrected chi connectivity index (χ1v) is 5.41. The largest absolute Gasteiger partial charge is 0.467 e. The first-order chi connectivity index (χ1) is 8.60. The minimum atomic E-state index is -1.52. The Labute approximate surface area is 145 Å². The van der Waals surface area contributed by atoms with Crippen molar-refractivity contribution in [2.45, 2.75) is 19.4 Å². The Kier molecular flexibility index (Phi) is 10.8. The average molecular weight is 355 g/mol. The van der Waals surface area contributed by atoms with Crippen molar-refractivity contribution in [2.75, 3.05) is 21.3 Å². The van der Waals surface area contributed by atoms with E-state index >= 15 is 0 Å². The van der Waals surface area contributed by atoms with E-state index in [9.17, 15) is 9.59 Å².